The third kappa shape index (κ3) is 2.50. The SMILES string of the molecule is CCNc1nc(C2Cc3ccccc3C2)ncc1Br. The Morgan fingerprint density at radius 3 is 2.58 bits per heavy atom. The van der Waals surface area contributed by atoms with Crippen LogP contribution in [0.25, 0.3) is 0 Å². The number of anilines is 1. The van der Waals surface area contributed by atoms with Crippen molar-refractivity contribution in [2.24, 2.45) is 0 Å². The van der Waals surface area contributed by atoms with Crippen molar-refractivity contribution in [3.05, 3.63) is 51.9 Å². The van der Waals surface area contributed by atoms with E-state index in [-0.39, 0.29) is 0 Å². The molecular formula is C15H16BrN3. The van der Waals surface area contributed by atoms with Crippen molar-refractivity contribution >= 4 is 21.7 Å². The molecular weight excluding hydrogens is 302 g/mol. The minimum atomic E-state index is 0.405. The molecule has 2 aromatic rings. The molecule has 3 nitrogen and oxygen atoms in total. The van der Waals surface area contributed by atoms with Gasteiger partial charge in [0, 0.05) is 18.7 Å². The lowest BCUT2D eigenvalue weighted by atomic mass is 10.1. The lowest BCUT2D eigenvalue weighted by Crippen LogP contribution is -2.08. The molecule has 1 aromatic heterocycles. The Balaban J connectivity index is 1.87. The summed E-state index contributed by atoms with van der Waals surface area (Å²) in [5.74, 6) is 2.24. The van der Waals surface area contributed by atoms with Gasteiger partial charge in [-0.15, -0.1) is 0 Å². The van der Waals surface area contributed by atoms with Crippen LogP contribution in [0, 0.1) is 0 Å². The van der Waals surface area contributed by atoms with Crippen molar-refractivity contribution in [3.8, 4) is 0 Å². The van der Waals surface area contributed by atoms with Crippen LogP contribution < -0.4 is 5.32 Å². The van der Waals surface area contributed by atoms with Gasteiger partial charge in [-0.2, -0.15) is 0 Å². The summed E-state index contributed by atoms with van der Waals surface area (Å²) in [7, 11) is 0. The summed E-state index contributed by atoms with van der Waals surface area (Å²) in [6.07, 6.45) is 3.94. The minimum absolute atomic E-state index is 0.405. The predicted octanol–water partition coefficient (Wildman–Crippen LogP) is 3.55. The maximum Gasteiger partial charge on any atom is 0.144 e. The van der Waals surface area contributed by atoms with Gasteiger partial charge in [0.15, 0.2) is 0 Å². The monoisotopic (exact) mass is 317 g/mol. The number of fused-ring (bicyclic) bond motifs is 1. The first-order valence-electron chi connectivity index (χ1n) is 6.61. The van der Waals surface area contributed by atoms with Gasteiger partial charge in [0.05, 0.1) is 4.47 Å². The number of hydrogen-bond donors (Lipinski definition) is 1. The molecule has 1 N–H and O–H groups in total. The molecule has 0 amide bonds. The number of rotatable bonds is 3. The zero-order valence-electron chi connectivity index (χ0n) is 10.9. The summed E-state index contributed by atoms with van der Waals surface area (Å²) in [5, 5.41) is 3.26. The van der Waals surface area contributed by atoms with Crippen LogP contribution in [0.2, 0.25) is 0 Å². The molecule has 3 rings (SSSR count). The molecule has 0 aliphatic heterocycles. The molecule has 1 aliphatic rings. The number of halogens is 1. The average Bonchev–Trinajstić information content (AvgIpc) is 2.85. The number of nitrogens with zero attached hydrogens (tertiary/aromatic N) is 2. The van der Waals surface area contributed by atoms with E-state index < -0.39 is 0 Å². The second-order valence-electron chi connectivity index (χ2n) is 4.83. The van der Waals surface area contributed by atoms with Crippen LogP contribution in [0.1, 0.15) is 29.8 Å². The Bertz CT molecular complexity index is 573. The highest BCUT2D eigenvalue weighted by atomic mass is 79.9. The Labute approximate surface area is 121 Å². The second-order valence-corrected chi connectivity index (χ2v) is 5.68. The molecule has 1 aromatic carbocycles. The number of benzene rings is 1. The number of aromatic nitrogens is 2. The van der Waals surface area contributed by atoms with E-state index >= 15 is 0 Å². The fraction of sp³-hybridized carbons (Fsp3) is 0.333. The highest BCUT2D eigenvalue weighted by Crippen LogP contribution is 2.33. The van der Waals surface area contributed by atoms with E-state index in [0.29, 0.717) is 5.92 Å². The molecule has 4 heteroatoms. The van der Waals surface area contributed by atoms with E-state index in [1.165, 1.54) is 11.1 Å². The van der Waals surface area contributed by atoms with Crippen LogP contribution in [0.15, 0.2) is 34.9 Å². The minimum Gasteiger partial charge on any atom is -0.369 e. The molecule has 0 atom stereocenters. The van der Waals surface area contributed by atoms with Crippen molar-refractivity contribution < 1.29 is 0 Å². The fourth-order valence-electron chi connectivity index (χ4n) is 2.61. The maximum atomic E-state index is 4.66. The highest BCUT2D eigenvalue weighted by molar-refractivity contribution is 9.10. The zero-order chi connectivity index (χ0) is 13.2. The van der Waals surface area contributed by atoms with Crippen LogP contribution in [-0.4, -0.2) is 16.5 Å². The van der Waals surface area contributed by atoms with Crippen molar-refractivity contribution in [3.63, 3.8) is 0 Å². The predicted molar refractivity (Wildman–Crippen MR) is 80.5 cm³/mol. The normalized spacial score (nSPS) is 14.4. The lowest BCUT2D eigenvalue weighted by molar-refractivity contribution is 0.682. The van der Waals surface area contributed by atoms with Gasteiger partial charge in [-0.05, 0) is 46.8 Å². The van der Waals surface area contributed by atoms with Gasteiger partial charge in [-0.1, -0.05) is 24.3 Å². The van der Waals surface area contributed by atoms with E-state index in [2.05, 4.69) is 62.4 Å². The summed E-state index contributed by atoms with van der Waals surface area (Å²) >= 11 is 3.48. The zero-order valence-corrected chi connectivity index (χ0v) is 12.4. The van der Waals surface area contributed by atoms with Gasteiger partial charge in [0.2, 0.25) is 0 Å². The van der Waals surface area contributed by atoms with Crippen LogP contribution in [0.4, 0.5) is 5.82 Å². The van der Waals surface area contributed by atoms with Crippen molar-refractivity contribution in [2.75, 3.05) is 11.9 Å². The van der Waals surface area contributed by atoms with Crippen LogP contribution >= 0.6 is 15.9 Å². The number of nitrogens with one attached hydrogen (secondary N) is 1. The van der Waals surface area contributed by atoms with Gasteiger partial charge < -0.3 is 5.32 Å². The number of hydrogen-bond acceptors (Lipinski definition) is 3. The van der Waals surface area contributed by atoms with E-state index in [1.54, 1.807) is 0 Å². The van der Waals surface area contributed by atoms with E-state index in [4.69, 9.17) is 0 Å². The van der Waals surface area contributed by atoms with Crippen LogP contribution in [-0.2, 0) is 12.8 Å². The molecule has 1 heterocycles. The van der Waals surface area contributed by atoms with Gasteiger partial charge in [-0.25, -0.2) is 9.97 Å². The standard InChI is InChI=1S/C15H16BrN3/c1-2-17-15-13(16)9-18-14(19-15)12-7-10-5-3-4-6-11(10)8-12/h3-6,9,12H,2,7-8H2,1H3,(H,17,18,19). The van der Waals surface area contributed by atoms with Crippen molar-refractivity contribution in [1.82, 2.24) is 9.97 Å². The molecule has 0 bridgehead atoms. The quantitative estimate of drug-likeness (QED) is 0.940. The Kier molecular flexibility index (Phi) is 3.51. The molecule has 0 saturated heterocycles. The van der Waals surface area contributed by atoms with Gasteiger partial charge in [0.1, 0.15) is 11.6 Å². The largest absolute Gasteiger partial charge is 0.369 e. The lowest BCUT2D eigenvalue weighted by Gasteiger charge is -2.11. The Morgan fingerprint density at radius 2 is 1.95 bits per heavy atom. The smallest absolute Gasteiger partial charge is 0.144 e. The molecule has 0 unspecified atom stereocenters. The molecule has 0 spiro atoms. The third-order valence-corrected chi connectivity index (χ3v) is 4.10. The second kappa shape index (κ2) is 5.29. The van der Waals surface area contributed by atoms with Crippen molar-refractivity contribution in [2.45, 2.75) is 25.7 Å². The molecule has 0 fully saturated rings. The first-order valence-corrected chi connectivity index (χ1v) is 7.40. The summed E-state index contributed by atoms with van der Waals surface area (Å²) in [6.45, 7) is 2.93. The summed E-state index contributed by atoms with van der Waals surface area (Å²) in [6, 6.07) is 8.63. The van der Waals surface area contributed by atoms with Gasteiger partial charge in [-0.3, -0.25) is 0 Å². The molecule has 0 saturated carbocycles. The highest BCUT2D eigenvalue weighted by Gasteiger charge is 2.25. The molecule has 0 radical (unpaired) electrons. The summed E-state index contributed by atoms with van der Waals surface area (Å²) in [4.78, 5) is 9.15. The fourth-order valence-corrected chi connectivity index (χ4v) is 2.94. The first kappa shape index (κ1) is 12.6. The van der Waals surface area contributed by atoms with E-state index in [1.807, 2.05) is 6.20 Å². The topological polar surface area (TPSA) is 37.8 Å². The van der Waals surface area contributed by atoms with Gasteiger partial charge >= 0.3 is 0 Å². The summed E-state index contributed by atoms with van der Waals surface area (Å²) < 4.78 is 0.925. The Morgan fingerprint density at radius 1 is 1.26 bits per heavy atom. The maximum absolute atomic E-state index is 4.66. The molecule has 98 valence electrons. The summed E-state index contributed by atoms with van der Waals surface area (Å²) in [5.41, 5.74) is 2.87. The Hall–Kier alpha value is -1.42. The molecule has 1 aliphatic carbocycles. The van der Waals surface area contributed by atoms with Gasteiger partial charge in [0.25, 0.3) is 0 Å². The first-order chi connectivity index (χ1) is 9.28. The average molecular weight is 318 g/mol. The molecule has 19 heavy (non-hydrogen) atoms. The van der Waals surface area contributed by atoms with E-state index in [9.17, 15) is 0 Å². The van der Waals surface area contributed by atoms with Crippen LogP contribution in [0.3, 0.4) is 0 Å². The van der Waals surface area contributed by atoms with E-state index in [0.717, 1.165) is 35.5 Å². The third-order valence-electron chi connectivity index (χ3n) is 3.52. The van der Waals surface area contributed by atoms with Crippen LogP contribution in [0.5, 0.6) is 0 Å². The van der Waals surface area contributed by atoms with Crippen molar-refractivity contribution in [1.29, 1.82) is 0 Å².